The first kappa shape index (κ1) is 12.6. The standard InChI is InChI=1S/C15H11F2NO2/c16-10-5-9(6-11(17)7-10)15(19)14-8-18-12-3-1-2-4-13(12)20-14/h1-7,14,18H,8H2. The maximum atomic E-state index is 13.1. The molecule has 102 valence electrons. The van der Waals surface area contributed by atoms with Gasteiger partial charge in [0.15, 0.2) is 6.10 Å². The molecule has 2 aromatic rings. The molecular formula is C15H11F2NO2. The van der Waals surface area contributed by atoms with E-state index in [0.29, 0.717) is 5.75 Å². The molecule has 0 spiro atoms. The Hall–Kier alpha value is -2.43. The highest BCUT2D eigenvalue weighted by Gasteiger charge is 2.27. The van der Waals surface area contributed by atoms with E-state index >= 15 is 0 Å². The summed E-state index contributed by atoms with van der Waals surface area (Å²) in [5, 5.41) is 3.06. The van der Waals surface area contributed by atoms with Crippen molar-refractivity contribution in [1.29, 1.82) is 0 Å². The molecular weight excluding hydrogens is 264 g/mol. The largest absolute Gasteiger partial charge is 0.478 e. The zero-order valence-corrected chi connectivity index (χ0v) is 10.4. The fourth-order valence-corrected chi connectivity index (χ4v) is 2.14. The van der Waals surface area contributed by atoms with E-state index in [2.05, 4.69) is 5.32 Å². The van der Waals surface area contributed by atoms with Crippen molar-refractivity contribution in [2.45, 2.75) is 6.10 Å². The van der Waals surface area contributed by atoms with Crippen molar-refractivity contribution in [3.05, 3.63) is 59.7 Å². The van der Waals surface area contributed by atoms with Crippen LogP contribution >= 0.6 is 0 Å². The molecule has 0 aliphatic carbocycles. The normalized spacial score (nSPS) is 16.8. The Labute approximate surface area is 114 Å². The number of hydrogen-bond acceptors (Lipinski definition) is 3. The minimum Gasteiger partial charge on any atom is -0.478 e. The Morgan fingerprint density at radius 1 is 1.15 bits per heavy atom. The van der Waals surface area contributed by atoms with Crippen LogP contribution in [0.1, 0.15) is 10.4 Å². The lowest BCUT2D eigenvalue weighted by Gasteiger charge is -2.26. The number of ketones is 1. The Morgan fingerprint density at radius 2 is 1.85 bits per heavy atom. The Balaban J connectivity index is 1.86. The molecule has 0 bridgehead atoms. The highest BCUT2D eigenvalue weighted by Crippen LogP contribution is 2.29. The van der Waals surface area contributed by atoms with Crippen molar-refractivity contribution in [2.24, 2.45) is 0 Å². The predicted molar refractivity (Wildman–Crippen MR) is 70.0 cm³/mol. The molecule has 20 heavy (non-hydrogen) atoms. The van der Waals surface area contributed by atoms with E-state index in [-0.39, 0.29) is 12.1 Å². The number of carbonyl (C=O) groups excluding carboxylic acids is 1. The average molecular weight is 275 g/mol. The fraction of sp³-hybridized carbons (Fsp3) is 0.133. The molecule has 1 atom stereocenters. The van der Waals surface area contributed by atoms with Crippen LogP contribution in [0.25, 0.3) is 0 Å². The third-order valence-corrected chi connectivity index (χ3v) is 3.07. The van der Waals surface area contributed by atoms with E-state index in [1.54, 1.807) is 12.1 Å². The van der Waals surface area contributed by atoms with Crippen LogP contribution in [0, 0.1) is 11.6 Å². The second-order valence-corrected chi connectivity index (χ2v) is 4.51. The zero-order chi connectivity index (χ0) is 14.1. The quantitative estimate of drug-likeness (QED) is 0.856. The van der Waals surface area contributed by atoms with Crippen LogP contribution in [0.5, 0.6) is 5.75 Å². The van der Waals surface area contributed by atoms with Gasteiger partial charge in [-0.05, 0) is 24.3 Å². The second-order valence-electron chi connectivity index (χ2n) is 4.51. The van der Waals surface area contributed by atoms with Crippen molar-refractivity contribution in [3.63, 3.8) is 0 Å². The smallest absolute Gasteiger partial charge is 0.205 e. The minimum absolute atomic E-state index is 0.0336. The molecule has 3 nitrogen and oxygen atoms in total. The molecule has 0 aromatic heterocycles. The summed E-state index contributed by atoms with van der Waals surface area (Å²) in [4.78, 5) is 12.2. The van der Waals surface area contributed by atoms with Crippen LogP contribution in [-0.4, -0.2) is 18.4 Å². The van der Waals surface area contributed by atoms with Crippen molar-refractivity contribution >= 4 is 11.5 Å². The summed E-state index contributed by atoms with van der Waals surface area (Å²) in [6, 6.07) is 9.94. The number of nitrogens with one attached hydrogen (secondary N) is 1. The van der Waals surface area contributed by atoms with E-state index in [0.717, 1.165) is 23.9 Å². The van der Waals surface area contributed by atoms with Crippen LogP contribution in [-0.2, 0) is 0 Å². The first-order valence-corrected chi connectivity index (χ1v) is 6.13. The van der Waals surface area contributed by atoms with Crippen LogP contribution in [0.3, 0.4) is 0 Å². The summed E-state index contributed by atoms with van der Waals surface area (Å²) in [6.45, 7) is 0.258. The number of fused-ring (bicyclic) bond motifs is 1. The highest BCUT2D eigenvalue weighted by atomic mass is 19.1. The van der Waals surface area contributed by atoms with Crippen molar-refractivity contribution < 1.29 is 18.3 Å². The molecule has 0 saturated heterocycles. The van der Waals surface area contributed by atoms with Crippen molar-refractivity contribution in [1.82, 2.24) is 0 Å². The van der Waals surface area contributed by atoms with E-state index < -0.39 is 23.5 Å². The first-order chi connectivity index (χ1) is 9.63. The SMILES string of the molecule is O=C(c1cc(F)cc(F)c1)C1CNc2ccccc2O1. The summed E-state index contributed by atoms with van der Waals surface area (Å²) >= 11 is 0. The molecule has 3 rings (SSSR count). The summed E-state index contributed by atoms with van der Waals surface area (Å²) in [7, 11) is 0. The molecule has 1 heterocycles. The first-order valence-electron chi connectivity index (χ1n) is 6.13. The number of para-hydroxylation sites is 2. The zero-order valence-electron chi connectivity index (χ0n) is 10.4. The van der Waals surface area contributed by atoms with E-state index in [4.69, 9.17) is 4.74 Å². The summed E-state index contributed by atoms with van der Waals surface area (Å²) in [5.41, 5.74) is 0.760. The van der Waals surface area contributed by atoms with E-state index in [1.807, 2.05) is 12.1 Å². The molecule has 5 heteroatoms. The van der Waals surface area contributed by atoms with Crippen LogP contribution in [0.2, 0.25) is 0 Å². The van der Waals surface area contributed by atoms with Gasteiger partial charge in [0.25, 0.3) is 0 Å². The number of carbonyl (C=O) groups is 1. The highest BCUT2D eigenvalue weighted by molar-refractivity contribution is 6.00. The second kappa shape index (κ2) is 4.92. The van der Waals surface area contributed by atoms with Gasteiger partial charge in [0.05, 0.1) is 12.2 Å². The lowest BCUT2D eigenvalue weighted by Crippen LogP contribution is -2.37. The van der Waals surface area contributed by atoms with Gasteiger partial charge in [0, 0.05) is 11.6 Å². The van der Waals surface area contributed by atoms with Crippen molar-refractivity contribution in [3.8, 4) is 5.75 Å². The van der Waals surface area contributed by atoms with Crippen LogP contribution in [0.15, 0.2) is 42.5 Å². The van der Waals surface area contributed by atoms with Crippen LogP contribution < -0.4 is 10.1 Å². The number of halogens is 2. The number of benzene rings is 2. The Bertz CT molecular complexity index is 652. The van der Waals surface area contributed by atoms with Crippen LogP contribution in [0.4, 0.5) is 14.5 Å². The molecule has 0 amide bonds. The molecule has 0 fully saturated rings. The third-order valence-electron chi connectivity index (χ3n) is 3.07. The number of anilines is 1. The molecule has 1 aliphatic rings. The lowest BCUT2D eigenvalue weighted by atomic mass is 10.0. The van der Waals surface area contributed by atoms with Gasteiger partial charge in [-0.1, -0.05) is 12.1 Å². The predicted octanol–water partition coefficient (Wildman–Crippen LogP) is 3.02. The molecule has 0 radical (unpaired) electrons. The van der Waals surface area contributed by atoms with Gasteiger partial charge in [-0.25, -0.2) is 8.78 Å². The van der Waals surface area contributed by atoms with Gasteiger partial charge < -0.3 is 10.1 Å². The Morgan fingerprint density at radius 3 is 2.60 bits per heavy atom. The maximum absolute atomic E-state index is 13.1. The molecule has 1 unspecified atom stereocenters. The average Bonchev–Trinajstić information content (AvgIpc) is 2.45. The van der Waals surface area contributed by atoms with E-state index in [9.17, 15) is 13.6 Å². The number of rotatable bonds is 2. The van der Waals surface area contributed by atoms with Gasteiger partial charge >= 0.3 is 0 Å². The summed E-state index contributed by atoms with van der Waals surface area (Å²) < 4.78 is 31.9. The molecule has 0 saturated carbocycles. The van der Waals surface area contributed by atoms with Gasteiger partial charge in [-0.3, -0.25) is 4.79 Å². The minimum atomic E-state index is -0.800. The lowest BCUT2D eigenvalue weighted by molar-refractivity contribution is 0.0800. The summed E-state index contributed by atoms with van der Waals surface area (Å²) in [6.07, 6.45) is -0.800. The number of ether oxygens (including phenoxy) is 1. The molecule has 2 aromatic carbocycles. The van der Waals surface area contributed by atoms with Gasteiger partial charge in [0.1, 0.15) is 17.4 Å². The summed E-state index contributed by atoms with van der Waals surface area (Å²) in [5.74, 6) is -1.46. The molecule has 1 N–H and O–H groups in total. The van der Waals surface area contributed by atoms with Gasteiger partial charge in [-0.2, -0.15) is 0 Å². The van der Waals surface area contributed by atoms with Gasteiger partial charge in [-0.15, -0.1) is 0 Å². The van der Waals surface area contributed by atoms with E-state index in [1.165, 1.54) is 0 Å². The number of hydrogen-bond donors (Lipinski definition) is 1. The molecule has 1 aliphatic heterocycles. The number of Topliss-reactive ketones (excluding diaryl/α,β-unsaturated/α-hetero) is 1. The maximum Gasteiger partial charge on any atom is 0.205 e. The van der Waals surface area contributed by atoms with Crippen molar-refractivity contribution in [2.75, 3.05) is 11.9 Å². The topological polar surface area (TPSA) is 38.3 Å². The fourth-order valence-electron chi connectivity index (χ4n) is 2.14. The Kier molecular flexibility index (Phi) is 3.10. The van der Waals surface area contributed by atoms with Gasteiger partial charge in [0.2, 0.25) is 5.78 Å². The third kappa shape index (κ3) is 2.34. The monoisotopic (exact) mass is 275 g/mol.